The van der Waals surface area contributed by atoms with E-state index in [1.807, 2.05) is 17.5 Å². The van der Waals surface area contributed by atoms with Crippen molar-refractivity contribution in [2.24, 2.45) is 0 Å². The zero-order chi connectivity index (χ0) is 16.2. The van der Waals surface area contributed by atoms with Gasteiger partial charge in [-0.3, -0.25) is 0 Å². The Balaban J connectivity index is 1.78. The first-order chi connectivity index (χ1) is 11.2. The van der Waals surface area contributed by atoms with Gasteiger partial charge in [-0.15, -0.1) is 11.3 Å². The van der Waals surface area contributed by atoms with Crippen molar-refractivity contribution in [1.29, 1.82) is 0 Å². The molecule has 2 N–H and O–H groups in total. The van der Waals surface area contributed by atoms with Gasteiger partial charge in [-0.25, -0.2) is 9.97 Å². The highest BCUT2D eigenvalue weighted by Crippen LogP contribution is 2.24. The van der Waals surface area contributed by atoms with Gasteiger partial charge in [0.15, 0.2) is 0 Å². The van der Waals surface area contributed by atoms with Crippen molar-refractivity contribution in [3.63, 3.8) is 0 Å². The van der Waals surface area contributed by atoms with Crippen molar-refractivity contribution in [3.05, 3.63) is 47.6 Å². The Morgan fingerprint density at radius 2 is 1.96 bits per heavy atom. The molecule has 3 aromatic rings. The van der Waals surface area contributed by atoms with E-state index in [9.17, 15) is 0 Å². The van der Waals surface area contributed by atoms with Gasteiger partial charge < -0.3 is 15.0 Å². The van der Waals surface area contributed by atoms with Gasteiger partial charge in [0.1, 0.15) is 28.8 Å². The molecule has 2 aromatic heterocycles. The molecule has 0 unspecified atom stereocenters. The predicted molar refractivity (Wildman–Crippen MR) is 94.5 cm³/mol. The van der Waals surface area contributed by atoms with Crippen LogP contribution in [0.15, 0.2) is 42.0 Å². The summed E-state index contributed by atoms with van der Waals surface area (Å²) < 4.78 is 5.24. The van der Waals surface area contributed by atoms with Crippen molar-refractivity contribution < 1.29 is 9.64 Å². The molecule has 120 valence electrons. The van der Waals surface area contributed by atoms with Gasteiger partial charge in [0.2, 0.25) is 0 Å². The van der Waals surface area contributed by atoms with Crippen LogP contribution in [0.2, 0.25) is 0 Å². The minimum absolute atomic E-state index is 0.324. The second-order valence-electron chi connectivity index (χ2n) is 5.65. The normalized spacial score (nSPS) is 12.5. The third kappa shape index (κ3) is 3.43. The van der Waals surface area contributed by atoms with Gasteiger partial charge >= 0.3 is 0 Å². The summed E-state index contributed by atoms with van der Waals surface area (Å²) in [5.74, 6) is 1.78. The number of rotatable bonds is 6. The summed E-state index contributed by atoms with van der Waals surface area (Å²) in [6, 6.07) is 10.6. The molecule has 0 saturated heterocycles. The standard InChI is InChI=1S/C17H20N4OS/c1-21(2)15(12-4-6-13(22-3)7-5-12)10-18-16-14-8-9-23-17(14)20-11-19-16/h4-9,11,15H,10H2,1-3H3,(H,18,19,20)/p+1/t15-/m0/s1. The number of hydrogen-bond donors (Lipinski definition) is 2. The SMILES string of the molecule is COc1ccc([C@H](CNc2ncnc3sccc23)[NH+](C)C)cc1. The number of benzene rings is 1. The molecule has 6 heteroatoms. The van der Waals surface area contributed by atoms with E-state index in [1.165, 1.54) is 10.5 Å². The number of ether oxygens (including phenoxy) is 1. The Kier molecular flexibility index (Phi) is 4.73. The minimum Gasteiger partial charge on any atom is -0.497 e. The summed E-state index contributed by atoms with van der Waals surface area (Å²) in [7, 11) is 6.01. The van der Waals surface area contributed by atoms with Gasteiger partial charge in [0.05, 0.1) is 33.1 Å². The minimum atomic E-state index is 0.324. The van der Waals surface area contributed by atoms with Crippen LogP contribution in [-0.2, 0) is 0 Å². The van der Waals surface area contributed by atoms with E-state index in [2.05, 4.69) is 47.6 Å². The maximum Gasteiger partial charge on any atom is 0.138 e. The number of aromatic nitrogens is 2. The molecule has 23 heavy (non-hydrogen) atoms. The monoisotopic (exact) mass is 329 g/mol. The third-order valence-corrected chi connectivity index (χ3v) is 4.77. The maximum absolute atomic E-state index is 5.24. The molecule has 0 aliphatic rings. The third-order valence-electron chi connectivity index (χ3n) is 3.95. The summed E-state index contributed by atoms with van der Waals surface area (Å²) in [4.78, 5) is 11.1. The lowest BCUT2D eigenvalue weighted by Crippen LogP contribution is -3.06. The quantitative estimate of drug-likeness (QED) is 0.726. The summed E-state index contributed by atoms with van der Waals surface area (Å²) in [6.45, 7) is 0.802. The second kappa shape index (κ2) is 6.93. The van der Waals surface area contributed by atoms with Crippen LogP contribution in [0.5, 0.6) is 5.75 Å². The first-order valence-electron chi connectivity index (χ1n) is 7.55. The molecule has 0 aliphatic heterocycles. The van der Waals surface area contributed by atoms with E-state index in [0.717, 1.165) is 28.3 Å². The van der Waals surface area contributed by atoms with Gasteiger partial charge in [0.25, 0.3) is 0 Å². The van der Waals surface area contributed by atoms with Crippen molar-refractivity contribution >= 4 is 27.4 Å². The van der Waals surface area contributed by atoms with Crippen LogP contribution >= 0.6 is 11.3 Å². The highest BCUT2D eigenvalue weighted by molar-refractivity contribution is 7.16. The van der Waals surface area contributed by atoms with Gasteiger partial charge in [-0.2, -0.15) is 0 Å². The number of anilines is 1. The molecule has 0 radical (unpaired) electrons. The smallest absolute Gasteiger partial charge is 0.138 e. The van der Waals surface area contributed by atoms with Crippen molar-refractivity contribution in [2.75, 3.05) is 33.1 Å². The molecule has 3 rings (SSSR count). The molecule has 1 atom stereocenters. The van der Waals surface area contributed by atoms with Crippen molar-refractivity contribution in [3.8, 4) is 5.75 Å². The number of nitrogens with one attached hydrogen (secondary N) is 2. The fraction of sp³-hybridized carbons (Fsp3) is 0.294. The number of fused-ring (bicyclic) bond motifs is 1. The highest BCUT2D eigenvalue weighted by atomic mass is 32.1. The molecule has 0 saturated carbocycles. The van der Waals surface area contributed by atoms with E-state index >= 15 is 0 Å². The van der Waals surface area contributed by atoms with Gasteiger partial charge in [0, 0.05) is 5.56 Å². The number of nitrogens with zero attached hydrogens (tertiary/aromatic N) is 2. The molecule has 1 aromatic carbocycles. The predicted octanol–water partition coefficient (Wildman–Crippen LogP) is 2.00. The topological polar surface area (TPSA) is 51.5 Å². The van der Waals surface area contributed by atoms with Crippen LogP contribution in [0.25, 0.3) is 10.2 Å². The summed E-state index contributed by atoms with van der Waals surface area (Å²) in [6.07, 6.45) is 1.62. The Morgan fingerprint density at radius 3 is 2.65 bits per heavy atom. The summed E-state index contributed by atoms with van der Waals surface area (Å²) in [5, 5.41) is 6.61. The second-order valence-corrected chi connectivity index (χ2v) is 6.54. The first-order valence-corrected chi connectivity index (χ1v) is 8.43. The van der Waals surface area contributed by atoms with Gasteiger partial charge in [-0.1, -0.05) is 0 Å². The highest BCUT2D eigenvalue weighted by Gasteiger charge is 2.18. The molecule has 0 amide bonds. The average Bonchev–Trinajstić information content (AvgIpc) is 3.04. The fourth-order valence-corrected chi connectivity index (χ4v) is 3.35. The van der Waals surface area contributed by atoms with E-state index in [1.54, 1.807) is 24.8 Å². The number of hydrogen-bond acceptors (Lipinski definition) is 5. The number of likely N-dealkylation sites (N-methyl/N-ethyl adjacent to an activating group) is 1. The average molecular weight is 329 g/mol. The van der Waals surface area contributed by atoms with Crippen LogP contribution < -0.4 is 15.0 Å². The number of quaternary nitrogens is 1. The van der Waals surface area contributed by atoms with Crippen LogP contribution in [0.1, 0.15) is 11.6 Å². The first kappa shape index (κ1) is 15.7. The largest absolute Gasteiger partial charge is 0.497 e. The van der Waals surface area contributed by atoms with Crippen LogP contribution in [0.3, 0.4) is 0 Å². The number of thiophene rings is 1. The van der Waals surface area contributed by atoms with Crippen LogP contribution in [0, 0.1) is 0 Å². The molecule has 0 fully saturated rings. The van der Waals surface area contributed by atoms with Crippen molar-refractivity contribution in [2.45, 2.75) is 6.04 Å². The number of methoxy groups -OCH3 is 1. The van der Waals surface area contributed by atoms with Crippen molar-refractivity contribution in [1.82, 2.24) is 9.97 Å². The lowest BCUT2D eigenvalue weighted by atomic mass is 10.1. The lowest BCUT2D eigenvalue weighted by Gasteiger charge is -2.22. The van der Waals surface area contributed by atoms with E-state index in [0.29, 0.717) is 6.04 Å². The Morgan fingerprint density at radius 1 is 1.17 bits per heavy atom. The van der Waals surface area contributed by atoms with Crippen LogP contribution in [0.4, 0.5) is 5.82 Å². The zero-order valence-electron chi connectivity index (χ0n) is 13.5. The Bertz CT molecular complexity index is 770. The molecule has 0 bridgehead atoms. The summed E-state index contributed by atoms with van der Waals surface area (Å²) in [5.41, 5.74) is 1.27. The Labute approximate surface area is 139 Å². The van der Waals surface area contributed by atoms with E-state index in [-0.39, 0.29) is 0 Å². The molecular formula is C17H21N4OS+. The Hall–Kier alpha value is -2.18. The molecular weight excluding hydrogens is 308 g/mol. The van der Waals surface area contributed by atoms with Crippen LogP contribution in [-0.4, -0.2) is 37.7 Å². The van der Waals surface area contributed by atoms with E-state index in [4.69, 9.17) is 4.74 Å². The molecule has 5 nitrogen and oxygen atoms in total. The fourth-order valence-electron chi connectivity index (χ4n) is 2.62. The molecule has 0 aliphatic carbocycles. The lowest BCUT2D eigenvalue weighted by molar-refractivity contribution is -0.890. The molecule has 0 spiro atoms. The maximum atomic E-state index is 5.24. The molecule has 2 heterocycles. The summed E-state index contributed by atoms with van der Waals surface area (Å²) >= 11 is 1.63. The van der Waals surface area contributed by atoms with Gasteiger partial charge in [-0.05, 0) is 35.7 Å². The zero-order valence-corrected chi connectivity index (χ0v) is 14.4. The van der Waals surface area contributed by atoms with E-state index < -0.39 is 0 Å².